The molecule has 0 radical (unpaired) electrons. The second-order valence-electron chi connectivity index (χ2n) is 10.4. The average Bonchev–Trinajstić information content (AvgIpc) is 2.88. The number of ether oxygens (including phenoxy) is 1. The number of nitrogens with zero attached hydrogens (tertiary/aromatic N) is 2. The Morgan fingerprint density at radius 3 is 2.53 bits per heavy atom. The number of para-hydroxylation sites is 2. The summed E-state index contributed by atoms with van der Waals surface area (Å²) in [6.07, 6.45) is 9.45. The molecule has 0 unspecified atom stereocenters. The zero-order valence-electron chi connectivity index (χ0n) is 18.4. The Kier molecular flexibility index (Phi) is 4.52. The number of fused-ring (bicyclic) bond motifs is 2. The molecular weight excluding hydrogens is 402 g/mol. The molecule has 2 amide bonds. The summed E-state index contributed by atoms with van der Waals surface area (Å²) in [6.45, 7) is 2.13. The van der Waals surface area contributed by atoms with Gasteiger partial charge >= 0.3 is 0 Å². The summed E-state index contributed by atoms with van der Waals surface area (Å²) >= 11 is 0. The fourth-order valence-electron chi connectivity index (χ4n) is 7.21. The van der Waals surface area contributed by atoms with E-state index in [1.807, 2.05) is 18.2 Å². The van der Waals surface area contributed by atoms with Crippen molar-refractivity contribution < 1.29 is 14.3 Å². The molecule has 2 aromatic rings. The van der Waals surface area contributed by atoms with Gasteiger partial charge in [0.1, 0.15) is 12.1 Å². The fraction of sp³-hybridized carbons (Fsp3) is 0.500. The van der Waals surface area contributed by atoms with Gasteiger partial charge in [-0.25, -0.2) is 4.98 Å². The first kappa shape index (κ1) is 19.8. The molecule has 6 nitrogen and oxygen atoms in total. The van der Waals surface area contributed by atoms with Gasteiger partial charge in [0, 0.05) is 12.2 Å². The van der Waals surface area contributed by atoms with Crippen molar-refractivity contribution in [1.82, 2.24) is 10.3 Å². The Labute approximate surface area is 188 Å². The molecular formula is C26H29N3O3. The van der Waals surface area contributed by atoms with Crippen molar-refractivity contribution in [2.75, 3.05) is 11.4 Å². The van der Waals surface area contributed by atoms with E-state index in [2.05, 4.69) is 17.2 Å². The van der Waals surface area contributed by atoms with Crippen LogP contribution in [0.5, 0.6) is 11.6 Å². The van der Waals surface area contributed by atoms with E-state index < -0.39 is 0 Å². The van der Waals surface area contributed by atoms with E-state index in [1.54, 1.807) is 24.4 Å². The van der Waals surface area contributed by atoms with Crippen LogP contribution in [0.3, 0.4) is 0 Å². The molecule has 1 aromatic heterocycles. The lowest BCUT2D eigenvalue weighted by atomic mass is 9.48. The maximum absolute atomic E-state index is 13.4. The fourth-order valence-corrected chi connectivity index (χ4v) is 7.21. The van der Waals surface area contributed by atoms with Crippen molar-refractivity contribution in [3.05, 3.63) is 48.2 Å². The first-order valence-electron chi connectivity index (χ1n) is 11.8. The molecule has 4 bridgehead atoms. The molecule has 32 heavy (non-hydrogen) atoms. The van der Waals surface area contributed by atoms with Crippen molar-refractivity contribution >= 4 is 17.5 Å². The third-order valence-corrected chi connectivity index (χ3v) is 8.29. The molecule has 4 fully saturated rings. The van der Waals surface area contributed by atoms with E-state index in [0.717, 1.165) is 17.8 Å². The number of pyridine rings is 1. The monoisotopic (exact) mass is 431 g/mol. The van der Waals surface area contributed by atoms with Crippen molar-refractivity contribution in [2.45, 2.75) is 51.5 Å². The Morgan fingerprint density at radius 1 is 1.12 bits per heavy atom. The molecule has 1 N–H and O–H groups in total. The number of hydrogen-bond acceptors (Lipinski definition) is 4. The van der Waals surface area contributed by atoms with Gasteiger partial charge < -0.3 is 10.1 Å². The zero-order valence-corrected chi connectivity index (χ0v) is 18.4. The molecule has 0 saturated heterocycles. The normalized spacial score (nSPS) is 30.7. The predicted molar refractivity (Wildman–Crippen MR) is 121 cm³/mol. The van der Waals surface area contributed by atoms with Gasteiger partial charge in [-0.05, 0) is 92.9 Å². The van der Waals surface area contributed by atoms with Crippen molar-refractivity contribution in [1.29, 1.82) is 0 Å². The highest BCUT2D eigenvalue weighted by Crippen LogP contribution is 2.61. The van der Waals surface area contributed by atoms with Crippen LogP contribution in [0.2, 0.25) is 0 Å². The van der Waals surface area contributed by atoms with Gasteiger partial charge in [0.15, 0.2) is 5.75 Å². The van der Waals surface area contributed by atoms with Gasteiger partial charge in [-0.15, -0.1) is 0 Å². The lowest BCUT2D eigenvalue weighted by Gasteiger charge is -2.59. The molecule has 4 saturated carbocycles. The highest BCUT2D eigenvalue weighted by atomic mass is 16.5. The van der Waals surface area contributed by atoms with Gasteiger partial charge in [0.05, 0.1) is 5.69 Å². The van der Waals surface area contributed by atoms with E-state index in [4.69, 9.17) is 4.74 Å². The molecule has 1 aliphatic heterocycles. The van der Waals surface area contributed by atoms with Crippen LogP contribution in [-0.2, 0) is 4.79 Å². The van der Waals surface area contributed by atoms with E-state index >= 15 is 0 Å². The topological polar surface area (TPSA) is 71.5 Å². The Hall–Kier alpha value is -2.89. The third kappa shape index (κ3) is 3.19. The van der Waals surface area contributed by atoms with E-state index in [1.165, 1.54) is 43.4 Å². The molecule has 6 heteroatoms. The minimum atomic E-state index is -0.268. The van der Waals surface area contributed by atoms with Gasteiger partial charge in [-0.1, -0.05) is 12.1 Å². The van der Waals surface area contributed by atoms with Crippen LogP contribution in [0.4, 0.5) is 5.69 Å². The molecule has 166 valence electrons. The quantitative estimate of drug-likeness (QED) is 0.771. The van der Waals surface area contributed by atoms with Crippen LogP contribution in [-0.4, -0.2) is 29.4 Å². The highest BCUT2D eigenvalue weighted by Gasteiger charge is 2.53. The second kappa shape index (κ2) is 7.32. The summed E-state index contributed by atoms with van der Waals surface area (Å²) in [5.74, 6) is 2.91. The first-order valence-corrected chi connectivity index (χ1v) is 11.8. The van der Waals surface area contributed by atoms with Crippen molar-refractivity contribution in [2.24, 2.45) is 23.2 Å². The minimum absolute atomic E-state index is 0.0375. The van der Waals surface area contributed by atoms with Crippen LogP contribution in [0.15, 0.2) is 42.6 Å². The van der Waals surface area contributed by atoms with E-state index in [-0.39, 0.29) is 35.7 Å². The van der Waals surface area contributed by atoms with Gasteiger partial charge in [-0.3, -0.25) is 14.5 Å². The molecule has 2 heterocycles. The third-order valence-electron chi connectivity index (χ3n) is 8.29. The van der Waals surface area contributed by atoms with Crippen LogP contribution < -0.4 is 15.0 Å². The van der Waals surface area contributed by atoms with Gasteiger partial charge in [-0.2, -0.15) is 0 Å². The maximum Gasteiger partial charge on any atom is 0.264 e. The summed E-state index contributed by atoms with van der Waals surface area (Å²) < 4.78 is 5.93. The minimum Gasteiger partial charge on any atom is -0.436 e. The summed E-state index contributed by atoms with van der Waals surface area (Å²) in [7, 11) is 0. The standard InChI is InChI=1S/C26H29N3O3/c1-16(26-12-17-9-18(13-26)11-19(10-17)14-26)28-23(30)15-29-21-6-2-3-7-22(21)32-24-20(25(29)31)5-4-8-27-24/h2-8,16-19H,9-15H2,1H3,(H,28,30)/t16-,17?,18?,19?,26?/m0/s1. The summed E-state index contributed by atoms with van der Waals surface area (Å²) in [5.41, 5.74) is 1.18. The number of aromatic nitrogens is 1. The Bertz CT molecular complexity index is 1050. The molecule has 1 atom stereocenters. The van der Waals surface area contributed by atoms with Crippen LogP contribution in [0, 0.1) is 23.2 Å². The number of rotatable bonds is 4. The average molecular weight is 432 g/mol. The SMILES string of the molecule is C[C@H](NC(=O)CN1C(=O)c2cccnc2Oc2ccccc21)C12CC3CC(CC(C3)C1)C2. The van der Waals surface area contributed by atoms with Crippen LogP contribution in [0.25, 0.3) is 0 Å². The lowest BCUT2D eigenvalue weighted by molar-refractivity contribution is -0.124. The van der Waals surface area contributed by atoms with Gasteiger partial charge in [0.2, 0.25) is 11.8 Å². The summed E-state index contributed by atoms with van der Waals surface area (Å²) in [4.78, 5) is 32.3. The first-order chi connectivity index (χ1) is 15.5. The van der Waals surface area contributed by atoms with Crippen LogP contribution >= 0.6 is 0 Å². The maximum atomic E-state index is 13.4. The lowest BCUT2D eigenvalue weighted by Crippen LogP contribution is -2.57. The molecule has 1 aromatic carbocycles. The molecule has 0 spiro atoms. The summed E-state index contributed by atoms with van der Waals surface area (Å²) in [5, 5.41) is 3.29. The number of amides is 2. The van der Waals surface area contributed by atoms with Gasteiger partial charge in [0.25, 0.3) is 5.91 Å². The number of carbonyl (C=O) groups is 2. The highest BCUT2D eigenvalue weighted by molar-refractivity contribution is 6.11. The molecule has 4 aliphatic carbocycles. The number of benzene rings is 1. The number of carbonyl (C=O) groups excluding carboxylic acids is 2. The summed E-state index contributed by atoms with van der Waals surface area (Å²) in [6, 6.07) is 10.8. The zero-order chi connectivity index (χ0) is 21.9. The van der Waals surface area contributed by atoms with Crippen LogP contribution in [0.1, 0.15) is 55.8 Å². The number of nitrogens with one attached hydrogen (secondary N) is 1. The largest absolute Gasteiger partial charge is 0.436 e. The smallest absolute Gasteiger partial charge is 0.264 e. The van der Waals surface area contributed by atoms with Crippen molar-refractivity contribution in [3.8, 4) is 11.6 Å². The molecule has 7 rings (SSSR count). The Morgan fingerprint density at radius 2 is 1.81 bits per heavy atom. The second-order valence-corrected chi connectivity index (χ2v) is 10.4. The predicted octanol–water partition coefficient (Wildman–Crippen LogP) is 4.56. The number of hydrogen-bond donors (Lipinski definition) is 1. The Balaban J connectivity index is 1.24. The van der Waals surface area contributed by atoms with Crippen molar-refractivity contribution in [3.63, 3.8) is 0 Å². The van der Waals surface area contributed by atoms with E-state index in [9.17, 15) is 9.59 Å². The molecule has 5 aliphatic rings. The number of anilines is 1. The van der Waals surface area contributed by atoms with E-state index in [0.29, 0.717) is 17.0 Å².